The standard InChI is InChI=1S/C9H10O3/c1-7(10)9-5-2-3-8(4-6-9)11-12-9/h2-4,6,8H,5H2,1H3. The molecule has 3 aliphatic rings. The van der Waals surface area contributed by atoms with Crippen LogP contribution in [0, 0.1) is 0 Å². The Hall–Kier alpha value is -0.930. The van der Waals surface area contributed by atoms with E-state index in [4.69, 9.17) is 9.78 Å². The van der Waals surface area contributed by atoms with Gasteiger partial charge >= 0.3 is 0 Å². The number of rotatable bonds is 1. The van der Waals surface area contributed by atoms with E-state index < -0.39 is 5.60 Å². The molecule has 0 aromatic heterocycles. The summed E-state index contributed by atoms with van der Waals surface area (Å²) in [5.74, 6) is -0.0243. The summed E-state index contributed by atoms with van der Waals surface area (Å²) >= 11 is 0. The minimum Gasteiger partial charge on any atom is -0.296 e. The van der Waals surface area contributed by atoms with Gasteiger partial charge in [0.25, 0.3) is 0 Å². The molecule has 0 spiro atoms. The first-order chi connectivity index (χ1) is 5.73. The highest BCUT2D eigenvalue weighted by molar-refractivity contribution is 5.87. The highest BCUT2D eigenvalue weighted by Gasteiger charge is 2.39. The molecule has 3 nitrogen and oxygen atoms in total. The minimum absolute atomic E-state index is 0.0243. The van der Waals surface area contributed by atoms with Gasteiger partial charge in [-0.1, -0.05) is 12.2 Å². The van der Waals surface area contributed by atoms with E-state index in [2.05, 4.69) is 0 Å². The fraction of sp³-hybridized carbons (Fsp3) is 0.444. The van der Waals surface area contributed by atoms with Crippen LogP contribution in [0.15, 0.2) is 24.3 Å². The van der Waals surface area contributed by atoms with Gasteiger partial charge in [0.05, 0.1) is 0 Å². The lowest BCUT2D eigenvalue weighted by Crippen LogP contribution is -2.40. The number of hydrogen-bond donors (Lipinski definition) is 0. The molecule has 0 radical (unpaired) electrons. The number of fused-ring (bicyclic) bond motifs is 2. The Morgan fingerprint density at radius 2 is 2.42 bits per heavy atom. The summed E-state index contributed by atoms with van der Waals surface area (Å²) in [6.45, 7) is 1.51. The Labute approximate surface area is 70.6 Å². The molecule has 0 fully saturated rings. The van der Waals surface area contributed by atoms with Crippen LogP contribution in [0.25, 0.3) is 0 Å². The fourth-order valence-electron chi connectivity index (χ4n) is 1.35. The van der Waals surface area contributed by atoms with Crippen LogP contribution in [0.4, 0.5) is 0 Å². The van der Waals surface area contributed by atoms with Crippen LogP contribution in [0.2, 0.25) is 0 Å². The number of hydrogen-bond acceptors (Lipinski definition) is 3. The van der Waals surface area contributed by atoms with Crippen molar-refractivity contribution in [3.05, 3.63) is 24.3 Å². The summed E-state index contributed by atoms with van der Waals surface area (Å²) in [4.78, 5) is 21.3. The zero-order chi connectivity index (χ0) is 8.60. The molecule has 0 saturated carbocycles. The summed E-state index contributed by atoms with van der Waals surface area (Å²) in [6, 6.07) is 0. The molecule has 0 N–H and O–H groups in total. The molecular weight excluding hydrogens is 156 g/mol. The summed E-state index contributed by atoms with van der Waals surface area (Å²) in [5, 5.41) is 0. The lowest BCUT2D eigenvalue weighted by atomic mass is 9.95. The molecule has 3 rings (SSSR count). The molecule has 3 heteroatoms. The molecular formula is C9H10O3. The second kappa shape index (κ2) is 2.54. The minimum atomic E-state index is -0.858. The van der Waals surface area contributed by atoms with Crippen LogP contribution in [-0.4, -0.2) is 17.5 Å². The summed E-state index contributed by atoms with van der Waals surface area (Å²) in [7, 11) is 0. The summed E-state index contributed by atoms with van der Waals surface area (Å²) < 4.78 is 0. The average molecular weight is 166 g/mol. The largest absolute Gasteiger partial charge is 0.296 e. The molecule has 12 heavy (non-hydrogen) atoms. The molecule has 2 heterocycles. The van der Waals surface area contributed by atoms with E-state index in [-0.39, 0.29) is 11.9 Å². The topological polar surface area (TPSA) is 35.5 Å². The van der Waals surface area contributed by atoms with Crippen molar-refractivity contribution in [2.45, 2.75) is 25.0 Å². The number of Topliss-reactive ketones (excluding diaryl/α,β-unsaturated/α-hetero) is 1. The highest BCUT2D eigenvalue weighted by atomic mass is 17.2. The van der Waals surface area contributed by atoms with Gasteiger partial charge in [-0.15, -0.1) is 0 Å². The molecule has 0 saturated heterocycles. The molecule has 2 aliphatic heterocycles. The SMILES string of the molecule is CC(=O)C12C=CC(C=CC1)OO2. The Morgan fingerprint density at radius 3 is 3.00 bits per heavy atom. The second-order valence-electron chi connectivity index (χ2n) is 3.08. The van der Waals surface area contributed by atoms with E-state index in [0.29, 0.717) is 6.42 Å². The third-order valence-corrected chi connectivity index (χ3v) is 2.21. The van der Waals surface area contributed by atoms with Crippen LogP contribution in [0.1, 0.15) is 13.3 Å². The molecule has 0 aromatic rings. The number of ketones is 1. The van der Waals surface area contributed by atoms with E-state index in [9.17, 15) is 4.79 Å². The molecule has 0 aromatic carbocycles. The van der Waals surface area contributed by atoms with Gasteiger partial charge < -0.3 is 0 Å². The Kier molecular flexibility index (Phi) is 1.63. The van der Waals surface area contributed by atoms with E-state index >= 15 is 0 Å². The van der Waals surface area contributed by atoms with Gasteiger partial charge in [0.2, 0.25) is 0 Å². The maximum Gasteiger partial charge on any atom is 0.183 e. The highest BCUT2D eigenvalue weighted by Crippen LogP contribution is 2.29. The Bertz CT molecular complexity index is 267. The van der Waals surface area contributed by atoms with Crippen molar-refractivity contribution in [1.82, 2.24) is 0 Å². The fourth-order valence-corrected chi connectivity index (χ4v) is 1.35. The Morgan fingerprint density at radius 1 is 1.58 bits per heavy atom. The van der Waals surface area contributed by atoms with Crippen LogP contribution in [0.3, 0.4) is 0 Å². The van der Waals surface area contributed by atoms with E-state index in [0.717, 1.165) is 0 Å². The molecule has 2 atom stereocenters. The molecule has 64 valence electrons. The van der Waals surface area contributed by atoms with Gasteiger partial charge in [-0.2, -0.15) is 0 Å². The maximum absolute atomic E-state index is 11.2. The number of carbonyl (C=O) groups is 1. The van der Waals surface area contributed by atoms with Gasteiger partial charge in [0, 0.05) is 6.42 Å². The van der Waals surface area contributed by atoms with Crippen molar-refractivity contribution < 1.29 is 14.6 Å². The van der Waals surface area contributed by atoms with Crippen LogP contribution >= 0.6 is 0 Å². The second-order valence-corrected chi connectivity index (χ2v) is 3.08. The lowest BCUT2D eigenvalue weighted by Gasteiger charge is -2.27. The zero-order valence-corrected chi connectivity index (χ0v) is 6.82. The molecule has 2 unspecified atom stereocenters. The zero-order valence-electron chi connectivity index (χ0n) is 6.82. The Balaban J connectivity index is 2.37. The lowest BCUT2D eigenvalue weighted by molar-refractivity contribution is -0.350. The summed E-state index contributed by atoms with van der Waals surface area (Å²) in [5.41, 5.74) is -0.858. The van der Waals surface area contributed by atoms with Crippen LogP contribution in [0.5, 0.6) is 0 Å². The van der Waals surface area contributed by atoms with Gasteiger partial charge in [-0.25, -0.2) is 9.78 Å². The molecule has 1 aliphatic carbocycles. The predicted octanol–water partition coefficient (Wildman–Crippen LogP) is 1.16. The first-order valence-electron chi connectivity index (χ1n) is 3.94. The quantitative estimate of drug-likeness (QED) is 0.433. The normalized spacial score (nSPS) is 38.2. The smallest absolute Gasteiger partial charge is 0.183 e. The van der Waals surface area contributed by atoms with Gasteiger partial charge in [0.1, 0.15) is 6.10 Å². The van der Waals surface area contributed by atoms with Gasteiger partial charge in [-0.3, -0.25) is 4.79 Å². The first-order valence-corrected chi connectivity index (χ1v) is 3.94. The van der Waals surface area contributed by atoms with Crippen molar-refractivity contribution in [3.8, 4) is 0 Å². The average Bonchev–Trinajstić information content (AvgIpc) is 2.37. The van der Waals surface area contributed by atoms with Crippen LogP contribution in [-0.2, 0) is 14.6 Å². The maximum atomic E-state index is 11.2. The summed E-state index contributed by atoms with van der Waals surface area (Å²) in [6.07, 6.45) is 7.86. The van der Waals surface area contributed by atoms with Crippen molar-refractivity contribution in [1.29, 1.82) is 0 Å². The first kappa shape index (κ1) is 7.71. The van der Waals surface area contributed by atoms with Crippen LogP contribution < -0.4 is 0 Å². The van der Waals surface area contributed by atoms with Crippen molar-refractivity contribution in [2.75, 3.05) is 0 Å². The van der Waals surface area contributed by atoms with Crippen molar-refractivity contribution >= 4 is 5.78 Å². The third kappa shape index (κ3) is 1.02. The van der Waals surface area contributed by atoms with Gasteiger partial charge in [0.15, 0.2) is 11.4 Å². The third-order valence-electron chi connectivity index (χ3n) is 2.21. The van der Waals surface area contributed by atoms with Crippen molar-refractivity contribution in [3.63, 3.8) is 0 Å². The van der Waals surface area contributed by atoms with E-state index in [1.165, 1.54) is 6.92 Å². The monoisotopic (exact) mass is 166 g/mol. The molecule has 0 amide bonds. The predicted molar refractivity (Wildman–Crippen MR) is 42.3 cm³/mol. The van der Waals surface area contributed by atoms with Gasteiger partial charge in [-0.05, 0) is 19.1 Å². The van der Waals surface area contributed by atoms with Crippen molar-refractivity contribution in [2.24, 2.45) is 0 Å². The van der Waals surface area contributed by atoms with E-state index in [1.54, 1.807) is 6.08 Å². The molecule has 2 bridgehead atoms. The van der Waals surface area contributed by atoms with E-state index in [1.807, 2.05) is 18.2 Å². The number of carbonyl (C=O) groups excluding carboxylic acids is 1.